The van der Waals surface area contributed by atoms with E-state index < -0.39 is 15.6 Å². The normalized spacial score (nSPS) is 17.7. The number of amidine groups is 1. The molecule has 0 aromatic carbocycles. The Morgan fingerprint density at radius 2 is 1.93 bits per heavy atom. The van der Waals surface area contributed by atoms with Crippen molar-refractivity contribution in [2.75, 3.05) is 0 Å². The summed E-state index contributed by atoms with van der Waals surface area (Å²) in [6, 6.07) is 0. The number of rotatable bonds is 6. The van der Waals surface area contributed by atoms with Gasteiger partial charge in [0.1, 0.15) is 5.84 Å². The fourth-order valence-electron chi connectivity index (χ4n) is 1.56. The molecule has 1 rings (SSSR count). The number of hydrogen-bond acceptors (Lipinski definition) is 3. The van der Waals surface area contributed by atoms with Gasteiger partial charge in [-0.05, 0) is 25.7 Å². The van der Waals surface area contributed by atoms with Gasteiger partial charge in [0.2, 0.25) is 10.0 Å². The van der Waals surface area contributed by atoms with Gasteiger partial charge in [0.25, 0.3) is 0 Å². The van der Waals surface area contributed by atoms with Crippen molar-refractivity contribution >= 4 is 15.9 Å². The third-order valence-electron chi connectivity index (χ3n) is 3.02. The molecule has 6 heteroatoms. The first-order valence-corrected chi connectivity index (χ1v) is 6.80. The van der Waals surface area contributed by atoms with Gasteiger partial charge in [-0.15, -0.1) is 0 Å². The van der Waals surface area contributed by atoms with Crippen LogP contribution in [0.15, 0.2) is 0 Å². The van der Waals surface area contributed by atoms with Crippen LogP contribution in [0.1, 0.15) is 39.5 Å². The summed E-state index contributed by atoms with van der Waals surface area (Å²) in [6.07, 6.45) is 2.45. The number of nitrogens with two attached hydrogens (primary N) is 1. The van der Waals surface area contributed by atoms with Gasteiger partial charge in [-0.25, -0.2) is 13.1 Å². The maximum Gasteiger partial charge on any atom is 0.215 e. The Labute approximate surface area is 91.0 Å². The molecule has 5 nitrogen and oxygen atoms in total. The molecule has 0 radical (unpaired) electrons. The summed E-state index contributed by atoms with van der Waals surface area (Å²) in [6.45, 7) is 3.67. The van der Waals surface area contributed by atoms with Gasteiger partial charge < -0.3 is 5.73 Å². The Balaban J connectivity index is 2.87. The largest absolute Gasteiger partial charge is 0.386 e. The molecule has 0 aliphatic heterocycles. The summed E-state index contributed by atoms with van der Waals surface area (Å²) in [4.78, 5) is 0. The lowest BCUT2D eigenvalue weighted by atomic mass is 9.93. The maximum absolute atomic E-state index is 11.8. The van der Waals surface area contributed by atoms with Crippen LogP contribution in [0.4, 0.5) is 0 Å². The standard InChI is InChI=1S/C9H19N3O2S/c1-3-9(4-2,8(10)11)12-15(13,14)7-5-6-7/h7,12H,3-6H2,1-2H3,(H3,10,11). The maximum atomic E-state index is 11.8. The third-order valence-corrected chi connectivity index (χ3v) is 5.05. The van der Waals surface area contributed by atoms with E-state index in [1.54, 1.807) is 0 Å². The number of sulfonamides is 1. The monoisotopic (exact) mass is 233 g/mol. The van der Waals surface area contributed by atoms with Gasteiger partial charge in [-0.2, -0.15) is 0 Å². The van der Waals surface area contributed by atoms with Gasteiger partial charge in [-0.1, -0.05) is 13.8 Å². The van der Waals surface area contributed by atoms with Crippen LogP contribution in [0, 0.1) is 5.41 Å². The van der Waals surface area contributed by atoms with E-state index in [9.17, 15) is 8.42 Å². The van der Waals surface area contributed by atoms with Crippen molar-refractivity contribution in [3.8, 4) is 0 Å². The Morgan fingerprint density at radius 1 is 1.47 bits per heavy atom. The highest BCUT2D eigenvalue weighted by atomic mass is 32.2. The van der Waals surface area contributed by atoms with Gasteiger partial charge in [0.05, 0.1) is 10.8 Å². The van der Waals surface area contributed by atoms with Gasteiger partial charge in [0, 0.05) is 0 Å². The molecular weight excluding hydrogens is 214 g/mol. The first kappa shape index (κ1) is 12.4. The first-order chi connectivity index (χ1) is 6.88. The summed E-state index contributed by atoms with van der Waals surface area (Å²) < 4.78 is 26.1. The van der Waals surface area contributed by atoms with Crippen molar-refractivity contribution in [1.82, 2.24) is 4.72 Å². The first-order valence-electron chi connectivity index (χ1n) is 5.25. The SMILES string of the molecule is CCC(CC)(NS(=O)(=O)C1CC1)C(=N)N. The van der Waals surface area contributed by atoms with Crippen LogP contribution in [0.5, 0.6) is 0 Å². The lowest BCUT2D eigenvalue weighted by Gasteiger charge is -2.31. The van der Waals surface area contributed by atoms with Crippen molar-refractivity contribution in [3.63, 3.8) is 0 Å². The lowest BCUT2D eigenvalue weighted by molar-refractivity contribution is 0.458. The summed E-state index contributed by atoms with van der Waals surface area (Å²) in [7, 11) is -3.28. The summed E-state index contributed by atoms with van der Waals surface area (Å²) in [5.74, 6) is -0.100. The predicted octanol–water partition coefficient (Wildman–Crippen LogP) is 0.563. The van der Waals surface area contributed by atoms with E-state index in [0.29, 0.717) is 12.8 Å². The quantitative estimate of drug-likeness (QED) is 0.462. The Hall–Kier alpha value is -0.620. The molecular formula is C9H19N3O2S. The van der Waals surface area contributed by atoms with Crippen molar-refractivity contribution < 1.29 is 8.42 Å². The minimum atomic E-state index is -3.28. The minimum absolute atomic E-state index is 0.100. The minimum Gasteiger partial charge on any atom is -0.386 e. The van der Waals surface area contributed by atoms with Crippen LogP contribution in [-0.4, -0.2) is 25.0 Å². The van der Waals surface area contributed by atoms with Crippen LogP contribution in [0.25, 0.3) is 0 Å². The molecule has 1 aliphatic rings. The van der Waals surface area contributed by atoms with Crippen LogP contribution >= 0.6 is 0 Å². The molecule has 0 aromatic rings. The second-order valence-corrected chi connectivity index (χ2v) is 6.01. The molecule has 1 aliphatic carbocycles. The molecule has 0 atom stereocenters. The van der Waals surface area contributed by atoms with E-state index in [1.807, 2.05) is 13.8 Å². The average molecular weight is 233 g/mol. The molecule has 1 fully saturated rings. The van der Waals surface area contributed by atoms with Gasteiger partial charge >= 0.3 is 0 Å². The smallest absolute Gasteiger partial charge is 0.215 e. The molecule has 88 valence electrons. The molecule has 0 heterocycles. The zero-order valence-corrected chi connectivity index (χ0v) is 10.0. The van der Waals surface area contributed by atoms with E-state index in [0.717, 1.165) is 12.8 Å². The van der Waals surface area contributed by atoms with Crippen LogP contribution in [-0.2, 0) is 10.0 Å². The van der Waals surface area contributed by atoms with Crippen molar-refractivity contribution in [1.29, 1.82) is 5.41 Å². The summed E-state index contributed by atoms with van der Waals surface area (Å²) in [5.41, 5.74) is 4.59. The summed E-state index contributed by atoms with van der Waals surface area (Å²) >= 11 is 0. The van der Waals surface area contributed by atoms with E-state index in [2.05, 4.69) is 4.72 Å². The highest BCUT2D eigenvalue weighted by molar-refractivity contribution is 7.90. The zero-order valence-electron chi connectivity index (χ0n) is 9.21. The Morgan fingerprint density at radius 3 is 2.20 bits per heavy atom. The molecule has 0 unspecified atom stereocenters. The Bertz CT molecular complexity index is 342. The molecule has 0 saturated heterocycles. The highest BCUT2D eigenvalue weighted by Crippen LogP contribution is 2.29. The molecule has 0 spiro atoms. The molecule has 0 aromatic heterocycles. The fourth-order valence-corrected chi connectivity index (χ4v) is 3.43. The number of hydrogen-bond donors (Lipinski definition) is 3. The highest BCUT2D eigenvalue weighted by Gasteiger charge is 2.42. The van der Waals surface area contributed by atoms with E-state index >= 15 is 0 Å². The van der Waals surface area contributed by atoms with E-state index in [4.69, 9.17) is 11.1 Å². The second kappa shape index (κ2) is 4.09. The average Bonchev–Trinajstić information content (AvgIpc) is 2.96. The topological polar surface area (TPSA) is 96.0 Å². The van der Waals surface area contributed by atoms with Gasteiger partial charge in [0.15, 0.2) is 0 Å². The predicted molar refractivity (Wildman–Crippen MR) is 60.3 cm³/mol. The second-order valence-electron chi connectivity index (χ2n) is 4.05. The summed E-state index contributed by atoms with van der Waals surface area (Å²) in [5, 5.41) is 7.22. The van der Waals surface area contributed by atoms with E-state index in [-0.39, 0.29) is 11.1 Å². The number of nitrogens with one attached hydrogen (secondary N) is 2. The molecule has 1 saturated carbocycles. The van der Waals surface area contributed by atoms with Crippen LogP contribution in [0.2, 0.25) is 0 Å². The molecule has 0 bridgehead atoms. The molecule has 15 heavy (non-hydrogen) atoms. The lowest BCUT2D eigenvalue weighted by Crippen LogP contribution is -2.57. The van der Waals surface area contributed by atoms with Crippen molar-refractivity contribution in [2.45, 2.75) is 50.3 Å². The zero-order chi connectivity index (χ0) is 11.7. The Kier molecular flexibility index (Phi) is 3.40. The fraction of sp³-hybridized carbons (Fsp3) is 0.889. The molecule has 0 amide bonds. The molecule has 4 N–H and O–H groups in total. The van der Waals surface area contributed by atoms with Gasteiger partial charge in [-0.3, -0.25) is 5.41 Å². The van der Waals surface area contributed by atoms with Crippen LogP contribution < -0.4 is 10.5 Å². The van der Waals surface area contributed by atoms with Crippen molar-refractivity contribution in [3.05, 3.63) is 0 Å². The van der Waals surface area contributed by atoms with E-state index in [1.165, 1.54) is 0 Å². The van der Waals surface area contributed by atoms with Crippen molar-refractivity contribution in [2.24, 2.45) is 5.73 Å². The third kappa shape index (κ3) is 2.49. The van der Waals surface area contributed by atoms with Crippen LogP contribution in [0.3, 0.4) is 0 Å².